The number of fused-ring (bicyclic) bond motifs is 1. The summed E-state index contributed by atoms with van der Waals surface area (Å²) in [4.78, 5) is 40.8. The molecule has 6 heteroatoms. The molecule has 1 aromatic rings. The number of anilines is 2. The molecule has 1 aliphatic heterocycles. The Morgan fingerprint density at radius 3 is 2.18 bits per heavy atom. The SMILES string of the molecule is CCN(c1ccc(NC(=O)CCN2C(=O)[C@H]3CCCC[C@H]3C2=O)cc1)C(C)C. The molecule has 1 aliphatic carbocycles. The van der Waals surface area contributed by atoms with Crippen LogP contribution in [0.5, 0.6) is 0 Å². The van der Waals surface area contributed by atoms with Crippen molar-refractivity contribution in [1.82, 2.24) is 4.90 Å². The molecule has 2 aliphatic rings. The first-order valence-corrected chi connectivity index (χ1v) is 10.4. The van der Waals surface area contributed by atoms with Crippen LogP contribution in [0.3, 0.4) is 0 Å². The molecule has 1 aromatic carbocycles. The monoisotopic (exact) mass is 385 g/mol. The van der Waals surface area contributed by atoms with E-state index in [1.807, 2.05) is 24.3 Å². The molecule has 152 valence electrons. The van der Waals surface area contributed by atoms with Gasteiger partial charge in [0.15, 0.2) is 0 Å². The second kappa shape index (κ2) is 8.76. The number of nitrogens with zero attached hydrogens (tertiary/aromatic N) is 2. The lowest BCUT2D eigenvalue weighted by molar-refractivity contribution is -0.140. The Morgan fingerprint density at radius 1 is 1.11 bits per heavy atom. The van der Waals surface area contributed by atoms with E-state index in [9.17, 15) is 14.4 Å². The molecule has 3 rings (SSSR count). The van der Waals surface area contributed by atoms with Crippen molar-refractivity contribution in [2.75, 3.05) is 23.3 Å². The summed E-state index contributed by atoms with van der Waals surface area (Å²) < 4.78 is 0. The lowest BCUT2D eigenvalue weighted by Gasteiger charge is -2.27. The van der Waals surface area contributed by atoms with Gasteiger partial charge in [-0.1, -0.05) is 12.8 Å². The van der Waals surface area contributed by atoms with E-state index in [2.05, 4.69) is 31.0 Å². The van der Waals surface area contributed by atoms with Crippen molar-refractivity contribution in [1.29, 1.82) is 0 Å². The molecule has 0 unspecified atom stereocenters. The van der Waals surface area contributed by atoms with Gasteiger partial charge < -0.3 is 10.2 Å². The minimum Gasteiger partial charge on any atom is -0.369 e. The normalized spacial score (nSPS) is 21.8. The van der Waals surface area contributed by atoms with Crippen LogP contribution in [0.1, 0.15) is 52.9 Å². The average molecular weight is 386 g/mol. The Balaban J connectivity index is 1.53. The van der Waals surface area contributed by atoms with Crippen LogP contribution in [0.2, 0.25) is 0 Å². The van der Waals surface area contributed by atoms with E-state index in [-0.39, 0.29) is 42.5 Å². The third-order valence-electron chi connectivity index (χ3n) is 5.94. The summed E-state index contributed by atoms with van der Waals surface area (Å²) in [5.41, 5.74) is 1.84. The smallest absolute Gasteiger partial charge is 0.233 e. The lowest BCUT2D eigenvalue weighted by atomic mass is 9.81. The van der Waals surface area contributed by atoms with Crippen LogP contribution in [0.15, 0.2) is 24.3 Å². The van der Waals surface area contributed by atoms with Gasteiger partial charge in [0.05, 0.1) is 11.8 Å². The van der Waals surface area contributed by atoms with Gasteiger partial charge in [0.25, 0.3) is 0 Å². The van der Waals surface area contributed by atoms with Gasteiger partial charge in [0.2, 0.25) is 17.7 Å². The second-order valence-electron chi connectivity index (χ2n) is 8.05. The zero-order valence-corrected chi connectivity index (χ0v) is 17.1. The van der Waals surface area contributed by atoms with Crippen LogP contribution in [0.25, 0.3) is 0 Å². The molecule has 6 nitrogen and oxygen atoms in total. The number of hydrogen-bond donors (Lipinski definition) is 1. The van der Waals surface area contributed by atoms with Gasteiger partial charge in [-0.2, -0.15) is 0 Å². The molecular weight excluding hydrogens is 354 g/mol. The van der Waals surface area contributed by atoms with Crippen LogP contribution in [0.4, 0.5) is 11.4 Å². The van der Waals surface area contributed by atoms with Gasteiger partial charge in [-0.15, -0.1) is 0 Å². The van der Waals surface area contributed by atoms with Crippen molar-refractivity contribution in [3.05, 3.63) is 24.3 Å². The summed E-state index contributed by atoms with van der Waals surface area (Å²) in [6.07, 6.45) is 3.75. The largest absolute Gasteiger partial charge is 0.369 e. The number of likely N-dealkylation sites (tertiary alicyclic amines) is 1. The van der Waals surface area contributed by atoms with Crippen molar-refractivity contribution in [2.45, 2.75) is 58.9 Å². The van der Waals surface area contributed by atoms with E-state index in [1.54, 1.807) is 0 Å². The quantitative estimate of drug-likeness (QED) is 0.730. The zero-order chi connectivity index (χ0) is 20.3. The van der Waals surface area contributed by atoms with E-state index >= 15 is 0 Å². The number of hydrogen-bond acceptors (Lipinski definition) is 4. The third-order valence-corrected chi connectivity index (χ3v) is 5.94. The highest BCUT2D eigenvalue weighted by atomic mass is 16.2. The Morgan fingerprint density at radius 2 is 1.68 bits per heavy atom. The van der Waals surface area contributed by atoms with Crippen molar-refractivity contribution in [3.8, 4) is 0 Å². The van der Waals surface area contributed by atoms with Gasteiger partial charge in [0, 0.05) is 36.9 Å². The minimum atomic E-state index is -0.181. The minimum absolute atomic E-state index is 0.0832. The van der Waals surface area contributed by atoms with Crippen molar-refractivity contribution >= 4 is 29.1 Å². The maximum atomic E-state index is 12.5. The van der Waals surface area contributed by atoms with E-state index in [0.29, 0.717) is 6.04 Å². The molecule has 3 amide bonds. The molecule has 0 radical (unpaired) electrons. The van der Waals surface area contributed by atoms with Crippen LogP contribution in [0, 0.1) is 11.8 Å². The highest BCUT2D eigenvalue weighted by Crippen LogP contribution is 2.38. The van der Waals surface area contributed by atoms with E-state index in [4.69, 9.17) is 0 Å². The fourth-order valence-electron chi connectivity index (χ4n) is 4.47. The van der Waals surface area contributed by atoms with Gasteiger partial charge in [-0.25, -0.2) is 0 Å². The van der Waals surface area contributed by atoms with E-state index < -0.39 is 0 Å². The predicted molar refractivity (Wildman–Crippen MR) is 110 cm³/mol. The number of rotatable bonds is 7. The molecule has 1 N–H and O–H groups in total. The second-order valence-corrected chi connectivity index (χ2v) is 8.05. The van der Waals surface area contributed by atoms with E-state index in [1.165, 1.54) is 4.90 Å². The van der Waals surface area contributed by atoms with Crippen LogP contribution < -0.4 is 10.2 Å². The van der Waals surface area contributed by atoms with Gasteiger partial charge in [-0.3, -0.25) is 19.3 Å². The Labute approximate surface area is 167 Å². The van der Waals surface area contributed by atoms with Crippen LogP contribution in [-0.4, -0.2) is 41.8 Å². The molecule has 0 bridgehead atoms. The summed E-state index contributed by atoms with van der Waals surface area (Å²) >= 11 is 0. The number of nitrogens with one attached hydrogen (secondary N) is 1. The Hall–Kier alpha value is -2.37. The number of carbonyl (C=O) groups excluding carboxylic acids is 3. The topological polar surface area (TPSA) is 69.7 Å². The highest BCUT2D eigenvalue weighted by molar-refractivity contribution is 6.05. The molecule has 1 saturated heterocycles. The first kappa shape index (κ1) is 20.4. The molecule has 2 fully saturated rings. The summed E-state index contributed by atoms with van der Waals surface area (Å²) in [5.74, 6) is -0.654. The maximum absolute atomic E-state index is 12.5. The Kier molecular flexibility index (Phi) is 6.37. The van der Waals surface area contributed by atoms with Crippen molar-refractivity contribution < 1.29 is 14.4 Å². The first-order chi connectivity index (χ1) is 13.4. The standard InChI is InChI=1S/C22H31N3O3/c1-4-24(15(2)3)17-11-9-16(10-12-17)23-20(26)13-14-25-21(27)18-7-5-6-8-19(18)22(25)28/h9-12,15,18-19H,4-8,13-14H2,1-3H3,(H,23,26)/t18-,19+. The molecule has 28 heavy (non-hydrogen) atoms. The van der Waals surface area contributed by atoms with Gasteiger partial charge in [0.1, 0.15) is 0 Å². The van der Waals surface area contributed by atoms with Crippen molar-refractivity contribution in [2.24, 2.45) is 11.8 Å². The van der Waals surface area contributed by atoms with Gasteiger partial charge >= 0.3 is 0 Å². The molecule has 0 spiro atoms. The number of imide groups is 1. The van der Waals surface area contributed by atoms with Crippen LogP contribution >= 0.6 is 0 Å². The molecular formula is C22H31N3O3. The lowest BCUT2D eigenvalue weighted by Crippen LogP contribution is -2.34. The Bertz CT molecular complexity index is 705. The third kappa shape index (κ3) is 4.21. The number of amides is 3. The summed E-state index contributed by atoms with van der Waals surface area (Å²) in [7, 11) is 0. The molecule has 1 saturated carbocycles. The molecule has 1 heterocycles. The molecule has 2 atom stereocenters. The fourth-order valence-corrected chi connectivity index (χ4v) is 4.47. The number of carbonyl (C=O) groups is 3. The predicted octanol–water partition coefficient (Wildman–Crippen LogP) is 3.43. The fraction of sp³-hybridized carbons (Fsp3) is 0.591. The molecule has 0 aromatic heterocycles. The van der Waals surface area contributed by atoms with Crippen molar-refractivity contribution in [3.63, 3.8) is 0 Å². The zero-order valence-electron chi connectivity index (χ0n) is 17.1. The summed E-state index contributed by atoms with van der Waals surface area (Å²) in [6.45, 7) is 7.51. The summed E-state index contributed by atoms with van der Waals surface area (Å²) in [6, 6.07) is 8.18. The van der Waals surface area contributed by atoms with Gasteiger partial charge in [-0.05, 0) is 57.9 Å². The first-order valence-electron chi connectivity index (χ1n) is 10.4. The number of benzene rings is 1. The van der Waals surface area contributed by atoms with Crippen LogP contribution in [-0.2, 0) is 14.4 Å². The average Bonchev–Trinajstić information content (AvgIpc) is 2.92. The highest BCUT2D eigenvalue weighted by Gasteiger charge is 2.47. The maximum Gasteiger partial charge on any atom is 0.233 e. The van der Waals surface area contributed by atoms with E-state index in [0.717, 1.165) is 43.6 Å². The summed E-state index contributed by atoms with van der Waals surface area (Å²) in [5, 5.41) is 2.86.